The van der Waals surface area contributed by atoms with Crippen molar-refractivity contribution in [2.45, 2.75) is 102 Å². The molecule has 0 aromatic rings. The molecule has 0 aromatic heterocycles. The Morgan fingerprint density at radius 3 is 1.83 bits per heavy atom. The second-order valence-electron chi connectivity index (χ2n) is 7.53. The van der Waals surface area contributed by atoms with Gasteiger partial charge in [-0.2, -0.15) is 0 Å². The highest BCUT2D eigenvalue weighted by Crippen LogP contribution is 2.11. The summed E-state index contributed by atoms with van der Waals surface area (Å²) >= 11 is 0. The van der Waals surface area contributed by atoms with Gasteiger partial charge in [-0.05, 0) is 32.1 Å². The van der Waals surface area contributed by atoms with E-state index in [4.69, 9.17) is 15.9 Å². The molecule has 0 bridgehead atoms. The number of unbranched alkanes of at least 4 members (excludes halogenated alkanes) is 11. The van der Waals surface area contributed by atoms with Gasteiger partial charge in [-0.3, -0.25) is 4.79 Å². The van der Waals surface area contributed by atoms with Crippen LogP contribution in [0.15, 0.2) is 12.2 Å². The standard InChI is InChI=1S/C22H39NO6/c1-2-3-4-5-6-7-8-9-10-11-12-13-14-15-16-17-19(25)29-21(28)22(23,18-24)20(26)27/h9-10,24H,2-8,11-18,23H2,1H3,(H,26,27). The Balaban J connectivity index is 3.61. The number of carboxylic acids is 1. The third-order valence-electron chi connectivity index (χ3n) is 4.84. The highest BCUT2D eigenvalue weighted by Gasteiger charge is 2.44. The van der Waals surface area contributed by atoms with E-state index in [0.29, 0.717) is 6.42 Å². The summed E-state index contributed by atoms with van der Waals surface area (Å²) in [5, 5.41) is 17.8. The number of esters is 2. The number of rotatable bonds is 18. The van der Waals surface area contributed by atoms with E-state index in [1.165, 1.54) is 38.5 Å². The number of aliphatic hydroxyl groups excluding tert-OH is 1. The number of aliphatic hydroxyl groups is 1. The average molecular weight is 414 g/mol. The van der Waals surface area contributed by atoms with Crippen LogP contribution in [0.5, 0.6) is 0 Å². The maximum absolute atomic E-state index is 11.6. The molecule has 0 rings (SSSR count). The van der Waals surface area contributed by atoms with Crippen LogP contribution in [0.2, 0.25) is 0 Å². The Hall–Kier alpha value is -1.73. The number of aliphatic carboxylic acids is 1. The minimum Gasteiger partial charge on any atom is -0.479 e. The van der Waals surface area contributed by atoms with Crippen molar-refractivity contribution in [3.63, 3.8) is 0 Å². The molecule has 0 aliphatic rings. The van der Waals surface area contributed by atoms with Crippen molar-refractivity contribution in [1.82, 2.24) is 0 Å². The van der Waals surface area contributed by atoms with Gasteiger partial charge in [0.1, 0.15) is 0 Å². The molecule has 0 amide bonds. The molecular weight excluding hydrogens is 374 g/mol. The SMILES string of the molecule is CCCCCCCCC=CCCCCCCCC(=O)OC(=O)C(N)(CO)C(=O)O. The number of ether oxygens (including phenoxy) is 1. The van der Waals surface area contributed by atoms with Crippen molar-refractivity contribution < 1.29 is 29.3 Å². The summed E-state index contributed by atoms with van der Waals surface area (Å²) in [7, 11) is 0. The predicted octanol–water partition coefficient (Wildman–Crippen LogP) is 3.87. The topological polar surface area (TPSA) is 127 Å². The maximum atomic E-state index is 11.6. The minimum atomic E-state index is -2.60. The van der Waals surface area contributed by atoms with E-state index in [9.17, 15) is 14.4 Å². The van der Waals surface area contributed by atoms with E-state index in [-0.39, 0.29) is 6.42 Å². The van der Waals surface area contributed by atoms with Crippen LogP contribution in [-0.4, -0.2) is 40.3 Å². The molecule has 0 spiro atoms. The highest BCUT2D eigenvalue weighted by molar-refractivity contribution is 6.07. The van der Waals surface area contributed by atoms with Crippen LogP contribution in [0.25, 0.3) is 0 Å². The first-order valence-electron chi connectivity index (χ1n) is 10.9. The van der Waals surface area contributed by atoms with Gasteiger partial charge >= 0.3 is 17.9 Å². The van der Waals surface area contributed by atoms with Crippen molar-refractivity contribution in [1.29, 1.82) is 0 Å². The molecule has 0 saturated carbocycles. The smallest absolute Gasteiger partial charge is 0.347 e. The first-order valence-corrected chi connectivity index (χ1v) is 10.9. The molecule has 0 aliphatic heterocycles. The molecule has 1 unspecified atom stereocenters. The monoisotopic (exact) mass is 413 g/mol. The van der Waals surface area contributed by atoms with Crippen LogP contribution < -0.4 is 5.73 Å². The third kappa shape index (κ3) is 13.2. The van der Waals surface area contributed by atoms with Gasteiger partial charge in [-0.15, -0.1) is 0 Å². The molecule has 0 fully saturated rings. The first-order chi connectivity index (χ1) is 13.9. The molecule has 4 N–H and O–H groups in total. The average Bonchev–Trinajstić information content (AvgIpc) is 2.69. The lowest BCUT2D eigenvalue weighted by Gasteiger charge is -2.18. The summed E-state index contributed by atoms with van der Waals surface area (Å²) in [6.07, 6.45) is 19.3. The summed E-state index contributed by atoms with van der Waals surface area (Å²) in [6, 6.07) is 0. The molecule has 0 saturated heterocycles. The molecule has 0 aliphatic carbocycles. The number of carboxylic acid groups (broad SMARTS) is 1. The second kappa shape index (κ2) is 17.2. The third-order valence-corrected chi connectivity index (χ3v) is 4.84. The number of allylic oxidation sites excluding steroid dienone is 2. The fourth-order valence-corrected chi connectivity index (χ4v) is 2.81. The van der Waals surface area contributed by atoms with Gasteiger partial charge in [0.2, 0.25) is 5.54 Å². The summed E-state index contributed by atoms with van der Waals surface area (Å²) in [4.78, 5) is 34.1. The number of hydrogen-bond donors (Lipinski definition) is 3. The summed E-state index contributed by atoms with van der Waals surface area (Å²) in [6.45, 7) is 1.09. The fourth-order valence-electron chi connectivity index (χ4n) is 2.81. The van der Waals surface area contributed by atoms with Crippen molar-refractivity contribution in [2.75, 3.05) is 6.61 Å². The molecule has 29 heavy (non-hydrogen) atoms. The molecule has 168 valence electrons. The zero-order valence-electron chi connectivity index (χ0n) is 17.9. The molecule has 7 nitrogen and oxygen atoms in total. The Morgan fingerprint density at radius 1 is 0.862 bits per heavy atom. The van der Waals surface area contributed by atoms with Gasteiger partial charge in [0.15, 0.2) is 0 Å². The van der Waals surface area contributed by atoms with Crippen molar-refractivity contribution in [3.8, 4) is 0 Å². The molecule has 1 atom stereocenters. The van der Waals surface area contributed by atoms with E-state index in [1.807, 2.05) is 0 Å². The van der Waals surface area contributed by atoms with E-state index in [2.05, 4.69) is 23.8 Å². The van der Waals surface area contributed by atoms with E-state index >= 15 is 0 Å². The van der Waals surface area contributed by atoms with Gasteiger partial charge in [-0.25, -0.2) is 9.59 Å². The van der Waals surface area contributed by atoms with Crippen LogP contribution in [0.1, 0.15) is 96.8 Å². The predicted molar refractivity (Wildman–Crippen MR) is 112 cm³/mol. The number of carbonyl (C=O) groups excluding carboxylic acids is 2. The summed E-state index contributed by atoms with van der Waals surface area (Å²) < 4.78 is 4.43. The lowest BCUT2D eigenvalue weighted by atomic mass is 10.0. The normalized spacial score (nSPS) is 13.3. The molecule has 0 heterocycles. The zero-order chi connectivity index (χ0) is 22.0. The van der Waals surface area contributed by atoms with Gasteiger partial charge in [0, 0.05) is 6.42 Å². The Bertz CT molecular complexity index is 506. The Kier molecular flexibility index (Phi) is 16.1. The molecule has 0 radical (unpaired) electrons. The molecule has 0 aromatic carbocycles. The Labute approximate surface area is 174 Å². The molecular formula is C22H39NO6. The highest BCUT2D eigenvalue weighted by atomic mass is 16.6. The quantitative estimate of drug-likeness (QED) is 0.135. The molecule has 7 heteroatoms. The lowest BCUT2D eigenvalue weighted by molar-refractivity contribution is -0.169. The first kappa shape index (κ1) is 27.3. The number of nitrogens with two attached hydrogens (primary N) is 1. The zero-order valence-corrected chi connectivity index (χ0v) is 17.9. The summed E-state index contributed by atoms with van der Waals surface area (Å²) in [5.41, 5.74) is 2.64. The van der Waals surface area contributed by atoms with Crippen LogP contribution >= 0.6 is 0 Å². The fraction of sp³-hybridized carbons (Fsp3) is 0.773. The van der Waals surface area contributed by atoms with Crippen molar-refractivity contribution in [3.05, 3.63) is 12.2 Å². The Morgan fingerprint density at radius 2 is 1.34 bits per heavy atom. The van der Waals surface area contributed by atoms with E-state index < -0.39 is 30.1 Å². The van der Waals surface area contributed by atoms with Crippen LogP contribution in [0.3, 0.4) is 0 Å². The van der Waals surface area contributed by atoms with Crippen molar-refractivity contribution >= 4 is 17.9 Å². The second-order valence-corrected chi connectivity index (χ2v) is 7.53. The lowest BCUT2D eigenvalue weighted by Crippen LogP contribution is -2.59. The van der Waals surface area contributed by atoms with E-state index in [1.54, 1.807) is 0 Å². The van der Waals surface area contributed by atoms with Crippen LogP contribution in [-0.2, 0) is 19.1 Å². The van der Waals surface area contributed by atoms with Gasteiger partial charge in [0.25, 0.3) is 0 Å². The van der Waals surface area contributed by atoms with Gasteiger partial charge < -0.3 is 20.7 Å². The van der Waals surface area contributed by atoms with Crippen LogP contribution in [0, 0.1) is 0 Å². The van der Waals surface area contributed by atoms with Gasteiger partial charge in [-0.1, -0.05) is 70.4 Å². The minimum absolute atomic E-state index is 0.0189. The van der Waals surface area contributed by atoms with E-state index in [0.717, 1.165) is 38.5 Å². The van der Waals surface area contributed by atoms with Crippen molar-refractivity contribution in [2.24, 2.45) is 5.73 Å². The number of hydrogen-bond acceptors (Lipinski definition) is 6. The van der Waals surface area contributed by atoms with Gasteiger partial charge in [0.05, 0.1) is 6.61 Å². The summed E-state index contributed by atoms with van der Waals surface area (Å²) in [5.74, 6) is -4.00. The maximum Gasteiger partial charge on any atom is 0.347 e. The largest absolute Gasteiger partial charge is 0.479 e. The van der Waals surface area contributed by atoms with Crippen LogP contribution in [0.4, 0.5) is 0 Å². The number of carbonyl (C=O) groups is 3.